The molecule has 0 spiro atoms. The van der Waals surface area contributed by atoms with Crippen LogP contribution in [-0.2, 0) is 0 Å². The molecular weight excluding hydrogens is 853 g/mol. The van der Waals surface area contributed by atoms with E-state index in [1.165, 1.54) is 16.7 Å². The van der Waals surface area contributed by atoms with E-state index < -0.39 is 0 Å². The van der Waals surface area contributed by atoms with Gasteiger partial charge >= 0.3 is 0 Å². The van der Waals surface area contributed by atoms with Crippen molar-refractivity contribution in [3.63, 3.8) is 0 Å². The normalized spacial score (nSPS) is 11.4. The van der Waals surface area contributed by atoms with Crippen LogP contribution in [0.25, 0.3) is 88.4 Å². The van der Waals surface area contributed by atoms with Gasteiger partial charge in [-0.1, -0.05) is 206 Å². The molecule has 2 heterocycles. The van der Waals surface area contributed by atoms with Crippen molar-refractivity contribution in [1.82, 2.24) is 0 Å². The Hall–Kier alpha value is -9.38. The molecule has 0 fully saturated rings. The minimum Gasteiger partial charge on any atom is -0.454 e. The van der Waals surface area contributed by atoms with E-state index in [0.717, 1.165) is 106 Å². The summed E-state index contributed by atoms with van der Waals surface area (Å²) in [4.78, 5) is 4.71. The lowest BCUT2D eigenvalue weighted by Crippen LogP contribution is -2.14. The SMILES string of the molecule is c1ccc(-c2ccc(-c3ccc(N(c4ccccc4-c4ccccc4N(c4ccc(-c5ccccc5)cc4)c4cccc5c4oc4ccccc45)c4cccc5c4oc4ccccc45)cc3)cc2)cc1. The van der Waals surface area contributed by atoms with Crippen molar-refractivity contribution in [3.8, 4) is 44.5 Å². The first-order valence-corrected chi connectivity index (χ1v) is 23.7. The molecule has 0 bridgehead atoms. The minimum absolute atomic E-state index is 0.823. The molecule has 4 heteroatoms. The van der Waals surface area contributed by atoms with Crippen LogP contribution >= 0.6 is 0 Å². The molecule has 0 unspecified atom stereocenters. The van der Waals surface area contributed by atoms with Crippen LogP contribution in [0.4, 0.5) is 34.1 Å². The zero-order valence-corrected chi connectivity index (χ0v) is 38.1. The standard InChI is InChI=1S/C66H44N2O2/c1-3-17-45(18-4-1)47-33-35-48(36-34-47)50-39-43-52(44-40-50)68(62-30-16-26-58-56-24-10-14-32-64(56)70-66(58)62)60-28-12-8-22-54(60)53-21-7-11-27-59(53)67(51-41-37-49(38-42-51)46-19-5-2-6-20-46)61-29-15-25-57-55-23-9-13-31-63(55)69-65(57)61/h1-44H. The van der Waals surface area contributed by atoms with Gasteiger partial charge in [-0.2, -0.15) is 0 Å². The van der Waals surface area contributed by atoms with Crippen molar-refractivity contribution in [1.29, 1.82) is 0 Å². The number of furan rings is 2. The monoisotopic (exact) mass is 896 g/mol. The van der Waals surface area contributed by atoms with Crippen LogP contribution in [0, 0.1) is 0 Å². The van der Waals surface area contributed by atoms with Gasteiger partial charge in [-0.05, 0) is 94.0 Å². The first-order valence-electron chi connectivity index (χ1n) is 23.7. The van der Waals surface area contributed by atoms with E-state index in [2.05, 4.69) is 259 Å². The topological polar surface area (TPSA) is 32.8 Å². The maximum atomic E-state index is 6.82. The maximum absolute atomic E-state index is 6.82. The van der Waals surface area contributed by atoms with Crippen molar-refractivity contribution in [2.75, 3.05) is 9.80 Å². The van der Waals surface area contributed by atoms with E-state index in [1.54, 1.807) is 0 Å². The Morgan fingerprint density at radius 2 is 0.514 bits per heavy atom. The van der Waals surface area contributed by atoms with Crippen LogP contribution in [0.2, 0.25) is 0 Å². The molecular formula is C66H44N2O2. The smallest absolute Gasteiger partial charge is 0.159 e. The van der Waals surface area contributed by atoms with Gasteiger partial charge in [-0.3, -0.25) is 0 Å². The summed E-state index contributed by atoms with van der Waals surface area (Å²) in [6, 6.07) is 94.7. The Morgan fingerprint density at radius 3 is 0.929 bits per heavy atom. The van der Waals surface area contributed by atoms with Crippen LogP contribution in [-0.4, -0.2) is 0 Å². The number of fused-ring (bicyclic) bond motifs is 6. The average Bonchev–Trinajstić information content (AvgIpc) is 4.02. The van der Waals surface area contributed by atoms with Gasteiger partial charge in [0.05, 0.1) is 22.7 Å². The molecule has 330 valence electrons. The Labute approximate surface area is 406 Å². The number of nitrogens with zero attached hydrogens (tertiary/aromatic N) is 2. The summed E-state index contributed by atoms with van der Waals surface area (Å²) in [5, 5.41) is 4.30. The van der Waals surface area contributed by atoms with Gasteiger partial charge in [0.25, 0.3) is 0 Å². The van der Waals surface area contributed by atoms with E-state index in [4.69, 9.17) is 8.83 Å². The Bertz CT molecular complexity index is 3990. The van der Waals surface area contributed by atoms with Crippen molar-refractivity contribution in [3.05, 3.63) is 267 Å². The molecule has 0 aliphatic heterocycles. The highest BCUT2D eigenvalue weighted by atomic mass is 16.3. The first-order chi connectivity index (χ1) is 34.7. The number of hydrogen-bond donors (Lipinski definition) is 0. The highest BCUT2D eigenvalue weighted by Gasteiger charge is 2.26. The van der Waals surface area contributed by atoms with Crippen LogP contribution in [0.15, 0.2) is 276 Å². The fourth-order valence-electron chi connectivity index (χ4n) is 10.1. The quantitative estimate of drug-likeness (QED) is 0.137. The minimum atomic E-state index is 0.823. The Morgan fingerprint density at radius 1 is 0.214 bits per heavy atom. The van der Waals surface area contributed by atoms with Gasteiger partial charge in [0.2, 0.25) is 0 Å². The lowest BCUT2D eigenvalue weighted by Gasteiger charge is -2.31. The zero-order valence-electron chi connectivity index (χ0n) is 38.1. The second kappa shape index (κ2) is 17.4. The fraction of sp³-hybridized carbons (Fsp3) is 0. The van der Waals surface area contributed by atoms with Crippen LogP contribution < -0.4 is 9.80 Å². The van der Waals surface area contributed by atoms with Gasteiger partial charge in [0.1, 0.15) is 11.2 Å². The molecule has 4 nitrogen and oxygen atoms in total. The van der Waals surface area contributed by atoms with E-state index in [9.17, 15) is 0 Å². The average molecular weight is 897 g/mol. The molecule has 2 aromatic heterocycles. The van der Waals surface area contributed by atoms with Gasteiger partial charge in [-0.15, -0.1) is 0 Å². The van der Waals surface area contributed by atoms with E-state index in [-0.39, 0.29) is 0 Å². The van der Waals surface area contributed by atoms with Crippen molar-refractivity contribution < 1.29 is 8.83 Å². The second-order valence-corrected chi connectivity index (χ2v) is 17.6. The van der Waals surface area contributed by atoms with Crippen molar-refractivity contribution in [2.24, 2.45) is 0 Å². The predicted molar refractivity (Wildman–Crippen MR) is 292 cm³/mol. The summed E-state index contributed by atoms with van der Waals surface area (Å²) in [6.45, 7) is 0. The number of para-hydroxylation sites is 6. The van der Waals surface area contributed by atoms with Gasteiger partial charge < -0.3 is 18.6 Å². The van der Waals surface area contributed by atoms with E-state index in [1.807, 2.05) is 18.2 Å². The molecule has 13 aromatic rings. The summed E-state index contributed by atoms with van der Waals surface area (Å²) in [7, 11) is 0. The summed E-state index contributed by atoms with van der Waals surface area (Å²) < 4.78 is 13.6. The Balaban J connectivity index is 0.995. The summed E-state index contributed by atoms with van der Waals surface area (Å²) >= 11 is 0. The van der Waals surface area contributed by atoms with Gasteiger partial charge in [0, 0.05) is 44.0 Å². The maximum Gasteiger partial charge on any atom is 0.159 e. The summed E-state index contributed by atoms with van der Waals surface area (Å²) in [5.41, 5.74) is 18.4. The lowest BCUT2D eigenvalue weighted by atomic mass is 9.97. The molecule has 0 saturated heterocycles. The van der Waals surface area contributed by atoms with Crippen LogP contribution in [0.1, 0.15) is 0 Å². The zero-order chi connectivity index (χ0) is 46.4. The second-order valence-electron chi connectivity index (χ2n) is 17.6. The van der Waals surface area contributed by atoms with Crippen LogP contribution in [0.5, 0.6) is 0 Å². The van der Waals surface area contributed by atoms with E-state index >= 15 is 0 Å². The Kier molecular flexibility index (Phi) is 10.1. The lowest BCUT2D eigenvalue weighted by molar-refractivity contribution is 0.668. The molecule has 11 aromatic carbocycles. The first kappa shape index (κ1) is 40.9. The molecule has 0 aliphatic rings. The van der Waals surface area contributed by atoms with Gasteiger partial charge in [-0.25, -0.2) is 0 Å². The summed E-state index contributed by atoms with van der Waals surface area (Å²) in [6.07, 6.45) is 0. The highest BCUT2D eigenvalue weighted by Crippen LogP contribution is 2.50. The molecule has 0 aliphatic carbocycles. The highest BCUT2D eigenvalue weighted by molar-refractivity contribution is 6.13. The number of rotatable bonds is 10. The predicted octanol–water partition coefficient (Wildman–Crippen LogP) is 19.1. The van der Waals surface area contributed by atoms with Gasteiger partial charge in [0.15, 0.2) is 11.2 Å². The van der Waals surface area contributed by atoms with Crippen molar-refractivity contribution >= 4 is 78.0 Å². The number of benzene rings is 11. The molecule has 70 heavy (non-hydrogen) atoms. The molecule has 0 saturated carbocycles. The largest absolute Gasteiger partial charge is 0.454 e. The third-order valence-corrected chi connectivity index (χ3v) is 13.5. The number of anilines is 6. The van der Waals surface area contributed by atoms with Crippen LogP contribution in [0.3, 0.4) is 0 Å². The third kappa shape index (κ3) is 7.18. The third-order valence-electron chi connectivity index (χ3n) is 13.5. The molecule has 0 N–H and O–H groups in total. The number of hydrogen-bond acceptors (Lipinski definition) is 4. The van der Waals surface area contributed by atoms with Crippen molar-refractivity contribution in [2.45, 2.75) is 0 Å². The molecule has 0 atom stereocenters. The molecule has 0 radical (unpaired) electrons. The molecule has 13 rings (SSSR count). The summed E-state index contributed by atoms with van der Waals surface area (Å²) in [5.74, 6) is 0. The fourth-order valence-corrected chi connectivity index (χ4v) is 10.1. The molecule has 0 amide bonds. The van der Waals surface area contributed by atoms with E-state index in [0.29, 0.717) is 0 Å².